The number of hydrogen-bond donors (Lipinski definition) is 1. The van der Waals surface area contributed by atoms with Crippen LogP contribution in [0.5, 0.6) is 0 Å². The summed E-state index contributed by atoms with van der Waals surface area (Å²) < 4.78 is 15.3. The lowest BCUT2D eigenvalue weighted by Crippen LogP contribution is -2.19. The SMILES string of the molecule is Cc1c([C@@H](C)NCc2cnc(-c3ccc(Cl)cc3)nc2)cnn1-c1cccc(F)c1. The van der Waals surface area contributed by atoms with Gasteiger partial charge in [0.15, 0.2) is 5.82 Å². The lowest BCUT2D eigenvalue weighted by molar-refractivity contribution is 0.570. The number of halogens is 2. The van der Waals surface area contributed by atoms with Crippen LogP contribution in [0, 0.1) is 12.7 Å². The summed E-state index contributed by atoms with van der Waals surface area (Å²) in [6, 6.07) is 13.9. The minimum atomic E-state index is -0.280. The van der Waals surface area contributed by atoms with Gasteiger partial charge in [0.2, 0.25) is 0 Å². The fraction of sp³-hybridized carbons (Fsp3) is 0.174. The maximum atomic E-state index is 13.5. The molecule has 5 nitrogen and oxygen atoms in total. The van der Waals surface area contributed by atoms with Gasteiger partial charge in [0.25, 0.3) is 0 Å². The Hall–Kier alpha value is -3.09. The predicted molar refractivity (Wildman–Crippen MR) is 116 cm³/mol. The average Bonchev–Trinajstić information content (AvgIpc) is 3.14. The summed E-state index contributed by atoms with van der Waals surface area (Å²) in [6.45, 7) is 4.67. The second kappa shape index (κ2) is 8.73. The van der Waals surface area contributed by atoms with Gasteiger partial charge < -0.3 is 5.32 Å². The van der Waals surface area contributed by atoms with Gasteiger partial charge >= 0.3 is 0 Å². The summed E-state index contributed by atoms with van der Waals surface area (Å²) in [5, 5.41) is 8.59. The zero-order chi connectivity index (χ0) is 21.1. The third-order valence-corrected chi connectivity index (χ3v) is 5.24. The lowest BCUT2D eigenvalue weighted by Gasteiger charge is -2.14. The van der Waals surface area contributed by atoms with Crippen LogP contribution in [0.4, 0.5) is 4.39 Å². The van der Waals surface area contributed by atoms with Gasteiger partial charge in [-0.2, -0.15) is 5.10 Å². The van der Waals surface area contributed by atoms with Crippen LogP contribution in [0.2, 0.25) is 5.02 Å². The van der Waals surface area contributed by atoms with E-state index < -0.39 is 0 Å². The number of nitrogens with one attached hydrogen (secondary N) is 1. The summed E-state index contributed by atoms with van der Waals surface area (Å²) >= 11 is 5.93. The van der Waals surface area contributed by atoms with Gasteiger partial charge in [0.1, 0.15) is 5.82 Å². The van der Waals surface area contributed by atoms with Crippen LogP contribution < -0.4 is 5.32 Å². The molecule has 0 bridgehead atoms. The zero-order valence-corrected chi connectivity index (χ0v) is 17.4. The summed E-state index contributed by atoms with van der Waals surface area (Å²) in [5.41, 5.74) is 4.63. The highest BCUT2D eigenvalue weighted by atomic mass is 35.5. The first-order valence-electron chi connectivity index (χ1n) is 9.62. The van der Waals surface area contributed by atoms with Crippen LogP contribution in [0.15, 0.2) is 67.1 Å². The van der Waals surface area contributed by atoms with E-state index in [1.165, 1.54) is 12.1 Å². The Morgan fingerprint density at radius 1 is 1.07 bits per heavy atom. The highest BCUT2D eigenvalue weighted by Crippen LogP contribution is 2.21. The molecule has 152 valence electrons. The van der Waals surface area contributed by atoms with Crippen LogP contribution in [-0.2, 0) is 6.54 Å². The van der Waals surface area contributed by atoms with Crippen molar-refractivity contribution in [2.45, 2.75) is 26.4 Å². The topological polar surface area (TPSA) is 55.6 Å². The molecule has 4 rings (SSSR count). The summed E-state index contributed by atoms with van der Waals surface area (Å²) in [4.78, 5) is 8.91. The minimum absolute atomic E-state index is 0.0586. The van der Waals surface area contributed by atoms with Crippen LogP contribution in [-0.4, -0.2) is 19.7 Å². The highest BCUT2D eigenvalue weighted by Gasteiger charge is 2.14. The molecular formula is C23H21ClFN5. The molecule has 0 saturated carbocycles. The van der Waals surface area contributed by atoms with Crippen molar-refractivity contribution in [3.05, 3.63) is 94.8 Å². The van der Waals surface area contributed by atoms with E-state index in [0.29, 0.717) is 23.1 Å². The normalized spacial score (nSPS) is 12.1. The number of hydrogen-bond acceptors (Lipinski definition) is 4. The van der Waals surface area contributed by atoms with E-state index in [-0.39, 0.29) is 11.9 Å². The first kappa shape index (κ1) is 20.2. The molecule has 0 radical (unpaired) electrons. The standard InChI is InChI=1S/C23H21ClFN5/c1-15(22-14-29-30(16(22)2)21-5-3-4-20(25)10-21)26-11-17-12-27-23(28-13-17)18-6-8-19(24)9-7-18/h3-10,12-15,26H,11H2,1-2H3/t15-/m1/s1. The van der Waals surface area contributed by atoms with Gasteiger partial charge in [-0.05, 0) is 56.3 Å². The maximum Gasteiger partial charge on any atom is 0.159 e. The van der Waals surface area contributed by atoms with Crippen molar-refractivity contribution in [2.75, 3.05) is 0 Å². The van der Waals surface area contributed by atoms with E-state index in [4.69, 9.17) is 11.6 Å². The molecule has 0 aliphatic heterocycles. The molecule has 0 saturated heterocycles. The monoisotopic (exact) mass is 421 g/mol. The van der Waals surface area contributed by atoms with Crippen molar-refractivity contribution in [1.82, 2.24) is 25.1 Å². The third kappa shape index (κ3) is 4.40. The van der Waals surface area contributed by atoms with E-state index in [1.54, 1.807) is 10.7 Å². The van der Waals surface area contributed by atoms with Crippen LogP contribution in [0.3, 0.4) is 0 Å². The van der Waals surface area contributed by atoms with E-state index in [9.17, 15) is 4.39 Å². The number of nitrogens with zero attached hydrogens (tertiary/aromatic N) is 4. The Kier molecular flexibility index (Phi) is 5.88. The van der Waals surface area contributed by atoms with Crippen molar-refractivity contribution in [3.8, 4) is 17.1 Å². The second-order valence-corrected chi connectivity index (χ2v) is 7.54. The number of benzene rings is 2. The summed E-state index contributed by atoms with van der Waals surface area (Å²) in [5.74, 6) is 0.382. The quantitative estimate of drug-likeness (QED) is 0.460. The molecule has 0 aliphatic carbocycles. The lowest BCUT2D eigenvalue weighted by atomic mass is 10.1. The molecule has 1 N–H and O–H groups in total. The Balaban J connectivity index is 1.42. The number of rotatable bonds is 6. The van der Waals surface area contributed by atoms with E-state index in [2.05, 4.69) is 27.3 Å². The average molecular weight is 422 g/mol. The van der Waals surface area contributed by atoms with Gasteiger partial charge in [-0.1, -0.05) is 17.7 Å². The third-order valence-electron chi connectivity index (χ3n) is 4.99. The van der Waals surface area contributed by atoms with E-state index in [0.717, 1.165) is 22.4 Å². The molecular weight excluding hydrogens is 401 g/mol. The minimum Gasteiger partial charge on any atom is -0.306 e. The maximum absolute atomic E-state index is 13.5. The highest BCUT2D eigenvalue weighted by molar-refractivity contribution is 6.30. The first-order valence-corrected chi connectivity index (χ1v) is 10.00. The molecule has 30 heavy (non-hydrogen) atoms. The van der Waals surface area contributed by atoms with Crippen molar-refractivity contribution < 1.29 is 4.39 Å². The van der Waals surface area contributed by atoms with Crippen LogP contribution >= 0.6 is 11.6 Å². The molecule has 2 heterocycles. The second-order valence-electron chi connectivity index (χ2n) is 7.10. The Morgan fingerprint density at radius 2 is 1.80 bits per heavy atom. The van der Waals surface area contributed by atoms with E-state index >= 15 is 0 Å². The smallest absolute Gasteiger partial charge is 0.159 e. The fourth-order valence-electron chi connectivity index (χ4n) is 3.29. The van der Waals surface area contributed by atoms with Crippen LogP contribution in [0.25, 0.3) is 17.1 Å². The van der Waals surface area contributed by atoms with Crippen molar-refractivity contribution in [3.63, 3.8) is 0 Å². The molecule has 0 spiro atoms. The molecule has 1 atom stereocenters. The van der Waals surface area contributed by atoms with Crippen molar-refractivity contribution in [2.24, 2.45) is 0 Å². The molecule has 0 amide bonds. The van der Waals surface area contributed by atoms with Crippen molar-refractivity contribution >= 4 is 11.6 Å². The van der Waals surface area contributed by atoms with Gasteiger partial charge in [0, 0.05) is 52.4 Å². The molecule has 4 aromatic rings. The summed E-state index contributed by atoms with van der Waals surface area (Å²) in [6.07, 6.45) is 5.46. The molecule has 2 aromatic carbocycles. The van der Waals surface area contributed by atoms with Gasteiger partial charge in [0.05, 0.1) is 11.9 Å². The Labute approximate surface area is 179 Å². The Morgan fingerprint density at radius 3 is 2.50 bits per heavy atom. The Bertz CT molecular complexity index is 1140. The molecule has 0 fully saturated rings. The first-order chi connectivity index (χ1) is 14.5. The van der Waals surface area contributed by atoms with E-state index in [1.807, 2.05) is 55.8 Å². The largest absolute Gasteiger partial charge is 0.306 e. The van der Waals surface area contributed by atoms with Crippen LogP contribution in [0.1, 0.15) is 29.8 Å². The fourth-order valence-corrected chi connectivity index (χ4v) is 3.42. The van der Waals surface area contributed by atoms with Gasteiger partial charge in [-0.3, -0.25) is 0 Å². The molecule has 0 unspecified atom stereocenters. The summed E-state index contributed by atoms with van der Waals surface area (Å²) in [7, 11) is 0. The molecule has 2 aromatic heterocycles. The van der Waals surface area contributed by atoms with Crippen molar-refractivity contribution in [1.29, 1.82) is 0 Å². The number of aromatic nitrogens is 4. The zero-order valence-electron chi connectivity index (χ0n) is 16.7. The van der Waals surface area contributed by atoms with Gasteiger partial charge in [-0.25, -0.2) is 19.0 Å². The molecule has 7 heteroatoms. The molecule has 0 aliphatic rings. The van der Waals surface area contributed by atoms with Gasteiger partial charge in [-0.15, -0.1) is 0 Å². The predicted octanol–water partition coefficient (Wildman–Crippen LogP) is 5.28.